The van der Waals surface area contributed by atoms with Crippen molar-refractivity contribution >= 4 is 6.08 Å². The van der Waals surface area contributed by atoms with Gasteiger partial charge in [0, 0.05) is 6.54 Å². The first-order chi connectivity index (χ1) is 8.01. The first-order valence-corrected chi connectivity index (χ1v) is 5.24. The topological polar surface area (TPSA) is 21.3 Å². The number of nitrogens with one attached hydrogen (secondary N) is 1. The smallest absolute Gasteiger partial charge is 0.406 e. The van der Waals surface area contributed by atoms with Crippen molar-refractivity contribution in [1.82, 2.24) is 5.32 Å². The Morgan fingerprint density at radius 2 is 2.12 bits per heavy atom. The molecule has 17 heavy (non-hydrogen) atoms. The second-order valence-corrected chi connectivity index (χ2v) is 3.33. The van der Waals surface area contributed by atoms with Gasteiger partial charge in [-0.05, 0) is 24.2 Å². The highest BCUT2D eigenvalue weighted by molar-refractivity contribution is 5.51. The fourth-order valence-corrected chi connectivity index (χ4v) is 1.24. The van der Waals surface area contributed by atoms with Gasteiger partial charge in [-0.2, -0.15) is 0 Å². The van der Waals surface area contributed by atoms with Crippen molar-refractivity contribution in [1.29, 1.82) is 0 Å². The van der Waals surface area contributed by atoms with Crippen molar-refractivity contribution < 1.29 is 17.9 Å². The van der Waals surface area contributed by atoms with Crippen LogP contribution in [0.15, 0.2) is 30.3 Å². The Morgan fingerprint density at radius 3 is 2.76 bits per heavy atom. The zero-order valence-corrected chi connectivity index (χ0v) is 9.42. The van der Waals surface area contributed by atoms with Gasteiger partial charge in [-0.25, -0.2) is 0 Å². The summed E-state index contributed by atoms with van der Waals surface area (Å²) in [5.41, 5.74) is 0.671. The fraction of sp³-hybridized carbons (Fsp3) is 0.333. The Kier molecular flexibility index (Phi) is 5.03. The van der Waals surface area contributed by atoms with E-state index in [1.807, 2.05) is 13.0 Å². The van der Waals surface area contributed by atoms with Crippen molar-refractivity contribution in [3.05, 3.63) is 35.9 Å². The average molecular weight is 245 g/mol. The molecule has 0 fully saturated rings. The molecule has 0 saturated carbocycles. The van der Waals surface area contributed by atoms with E-state index in [1.165, 1.54) is 18.2 Å². The molecule has 2 nitrogen and oxygen atoms in total. The van der Waals surface area contributed by atoms with Crippen molar-refractivity contribution in [3.8, 4) is 5.75 Å². The Hall–Kier alpha value is -1.49. The SMILES string of the molecule is CCNC/C=C/c1cccc(OC(F)(F)F)c1. The van der Waals surface area contributed by atoms with Crippen LogP contribution in [-0.4, -0.2) is 19.5 Å². The number of alkyl halides is 3. The highest BCUT2D eigenvalue weighted by atomic mass is 19.4. The van der Waals surface area contributed by atoms with E-state index in [0.29, 0.717) is 12.1 Å². The van der Waals surface area contributed by atoms with Crippen molar-refractivity contribution in [2.45, 2.75) is 13.3 Å². The molecule has 1 aromatic rings. The predicted molar refractivity (Wildman–Crippen MR) is 60.7 cm³/mol. The molecule has 0 spiro atoms. The summed E-state index contributed by atoms with van der Waals surface area (Å²) >= 11 is 0. The number of rotatable bonds is 5. The Bertz CT molecular complexity index is 374. The molecular weight excluding hydrogens is 231 g/mol. The first-order valence-electron chi connectivity index (χ1n) is 5.24. The standard InChI is InChI=1S/C12H14F3NO/c1-2-16-8-4-6-10-5-3-7-11(9-10)17-12(13,14)15/h3-7,9,16H,2,8H2,1H3/b6-4+. The van der Waals surface area contributed by atoms with Gasteiger partial charge in [0.25, 0.3) is 0 Å². The Morgan fingerprint density at radius 1 is 1.35 bits per heavy atom. The van der Waals surface area contributed by atoms with Gasteiger partial charge in [-0.3, -0.25) is 0 Å². The summed E-state index contributed by atoms with van der Waals surface area (Å²) in [5, 5.41) is 3.07. The largest absolute Gasteiger partial charge is 0.573 e. The molecule has 1 rings (SSSR count). The molecule has 0 aliphatic heterocycles. The van der Waals surface area contributed by atoms with Gasteiger partial charge in [0.1, 0.15) is 5.75 Å². The highest BCUT2D eigenvalue weighted by Crippen LogP contribution is 2.23. The normalized spacial score (nSPS) is 12.0. The molecule has 0 radical (unpaired) electrons. The minimum absolute atomic E-state index is 0.205. The van der Waals surface area contributed by atoms with E-state index in [-0.39, 0.29) is 5.75 Å². The molecular formula is C12H14F3NO. The second kappa shape index (κ2) is 6.30. The number of halogens is 3. The van der Waals surface area contributed by atoms with Crippen LogP contribution < -0.4 is 10.1 Å². The highest BCUT2D eigenvalue weighted by Gasteiger charge is 2.30. The lowest BCUT2D eigenvalue weighted by Gasteiger charge is -2.08. The maximum atomic E-state index is 12.0. The van der Waals surface area contributed by atoms with Crippen LogP contribution in [0.1, 0.15) is 12.5 Å². The number of hydrogen-bond acceptors (Lipinski definition) is 2. The molecule has 0 unspecified atom stereocenters. The van der Waals surface area contributed by atoms with Gasteiger partial charge in [0.2, 0.25) is 0 Å². The van der Waals surface area contributed by atoms with Crippen LogP contribution in [0.2, 0.25) is 0 Å². The van der Waals surface area contributed by atoms with E-state index in [4.69, 9.17) is 0 Å². The summed E-state index contributed by atoms with van der Waals surface area (Å²) in [7, 11) is 0. The van der Waals surface area contributed by atoms with Gasteiger partial charge in [0.05, 0.1) is 0 Å². The van der Waals surface area contributed by atoms with Gasteiger partial charge >= 0.3 is 6.36 Å². The monoisotopic (exact) mass is 245 g/mol. The van der Waals surface area contributed by atoms with Gasteiger partial charge < -0.3 is 10.1 Å². The molecule has 5 heteroatoms. The van der Waals surface area contributed by atoms with Gasteiger partial charge in [0.15, 0.2) is 0 Å². The molecule has 1 aromatic carbocycles. The molecule has 94 valence electrons. The maximum absolute atomic E-state index is 12.0. The number of benzene rings is 1. The van der Waals surface area contributed by atoms with E-state index in [0.717, 1.165) is 6.54 Å². The number of hydrogen-bond donors (Lipinski definition) is 1. The van der Waals surface area contributed by atoms with Crippen LogP contribution in [0.3, 0.4) is 0 Å². The first kappa shape index (κ1) is 13.6. The summed E-state index contributed by atoms with van der Waals surface area (Å²) in [4.78, 5) is 0. The van der Waals surface area contributed by atoms with Crippen LogP contribution >= 0.6 is 0 Å². The fourth-order valence-electron chi connectivity index (χ4n) is 1.24. The summed E-state index contributed by atoms with van der Waals surface area (Å²) in [6.07, 6.45) is -1.06. The van der Waals surface area contributed by atoms with Crippen molar-refractivity contribution in [2.75, 3.05) is 13.1 Å². The third-order valence-electron chi connectivity index (χ3n) is 1.91. The molecule has 0 aliphatic rings. The van der Waals surface area contributed by atoms with Gasteiger partial charge in [-0.15, -0.1) is 13.2 Å². The maximum Gasteiger partial charge on any atom is 0.573 e. The second-order valence-electron chi connectivity index (χ2n) is 3.33. The zero-order chi connectivity index (χ0) is 12.7. The third kappa shape index (κ3) is 5.97. The van der Waals surface area contributed by atoms with E-state index in [2.05, 4.69) is 10.1 Å². The third-order valence-corrected chi connectivity index (χ3v) is 1.91. The molecule has 0 atom stereocenters. The van der Waals surface area contributed by atoms with Crippen LogP contribution in [-0.2, 0) is 0 Å². The van der Waals surface area contributed by atoms with Crippen LogP contribution in [0, 0.1) is 0 Å². The minimum Gasteiger partial charge on any atom is -0.406 e. The van der Waals surface area contributed by atoms with Crippen LogP contribution in [0.25, 0.3) is 6.08 Å². The average Bonchev–Trinajstić information content (AvgIpc) is 2.23. The van der Waals surface area contributed by atoms with Crippen molar-refractivity contribution in [2.24, 2.45) is 0 Å². The Labute approximate surface area is 98.1 Å². The molecule has 1 N–H and O–H groups in total. The summed E-state index contributed by atoms with van der Waals surface area (Å²) < 4.78 is 39.7. The lowest BCUT2D eigenvalue weighted by atomic mass is 10.2. The van der Waals surface area contributed by atoms with E-state index < -0.39 is 6.36 Å². The Balaban J connectivity index is 2.63. The van der Waals surface area contributed by atoms with Crippen LogP contribution in [0.5, 0.6) is 5.75 Å². The summed E-state index contributed by atoms with van der Waals surface area (Å²) in [5.74, 6) is -0.205. The quantitative estimate of drug-likeness (QED) is 0.804. The number of ether oxygens (including phenoxy) is 1. The lowest BCUT2D eigenvalue weighted by Crippen LogP contribution is -2.17. The number of likely N-dealkylation sites (N-methyl/N-ethyl adjacent to an activating group) is 1. The van der Waals surface area contributed by atoms with E-state index in [9.17, 15) is 13.2 Å². The molecule has 0 bridgehead atoms. The van der Waals surface area contributed by atoms with Gasteiger partial charge in [-0.1, -0.05) is 31.2 Å². The molecule has 0 heterocycles. The zero-order valence-electron chi connectivity index (χ0n) is 9.42. The predicted octanol–water partition coefficient (Wildman–Crippen LogP) is 3.21. The lowest BCUT2D eigenvalue weighted by molar-refractivity contribution is -0.274. The molecule has 0 amide bonds. The minimum atomic E-state index is -4.65. The van der Waals surface area contributed by atoms with E-state index in [1.54, 1.807) is 12.1 Å². The molecule has 0 saturated heterocycles. The van der Waals surface area contributed by atoms with Crippen LogP contribution in [0.4, 0.5) is 13.2 Å². The summed E-state index contributed by atoms with van der Waals surface area (Å²) in [6.45, 7) is 3.51. The summed E-state index contributed by atoms with van der Waals surface area (Å²) in [6, 6.07) is 5.85. The molecule has 0 aliphatic carbocycles. The van der Waals surface area contributed by atoms with E-state index >= 15 is 0 Å². The van der Waals surface area contributed by atoms with Crippen molar-refractivity contribution in [3.63, 3.8) is 0 Å². The molecule has 0 aromatic heterocycles.